The van der Waals surface area contributed by atoms with Crippen LogP contribution in [0.5, 0.6) is 0 Å². The minimum absolute atomic E-state index is 0. The number of ketones is 2. The molecule has 4 nitrogen and oxygen atoms in total. The van der Waals surface area contributed by atoms with E-state index < -0.39 is 0 Å². The van der Waals surface area contributed by atoms with Crippen molar-refractivity contribution in [3.63, 3.8) is 0 Å². The van der Waals surface area contributed by atoms with Gasteiger partial charge in [-0.15, -0.1) is 0 Å². The van der Waals surface area contributed by atoms with Crippen molar-refractivity contribution in [1.82, 2.24) is 0 Å². The molecule has 48 heavy (non-hydrogen) atoms. The van der Waals surface area contributed by atoms with Gasteiger partial charge in [-0.25, -0.2) is 0 Å². The van der Waals surface area contributed by atoms with Crippen LogP contribution in [0.25, 0.3) is 0 Å². The van der Waals surface area contributed by atoms with Gasteiger partial charge in [0.15, 0.2) is 5.78 Å². The number of benzene rings is 3. The summed E-state index contributed by atoms with van der Waals surface area (Å²) in [6.45, 7) is 1.69. The molecule has 0 heterocycles. The van der Waals surface area contributed by atoms with Gasteiger partial charge in [0.05, 0.1) is 27.6 Å². The number of rotatable bonds is 6. The summed E-state index contributed by atoms with van der Waals surface area (Å²) in [4.78, 5) is 23.5. The smallest absolute Gasteiger partial charge is 1.00 e. The van der Waals surface area contributed by atoms with Gasteiger partial charge in [-0.3, -0.25) is 9.59 Å². The first-order valence-corrected chi connectivity index (χ1v) is 17.1. The summed E-state index contributed by atoms with van der Waals surface area (Å²) in [5.74, 6) is 0.571. The Kier molecular flexibility index (Phi) is 23.7. The number of nitriles is 1. The third-order valence-corrected chi connectivity index (χ3v) is 10.6. The number of aliphatic hydroxyl groups excluding tert-OH is 1. The number of aliphatic hydroxyl groups is 1. The first-order valence-electron chi connectivity index (χ1n) is 14.9. The van der Waals surface area contributed by atoms with Crippen molar-refractivity contribution in [3.8, 4) is 6.07 Å². The van der Waals surface area contributed by atoms with Crippen molar-refractivity contribution in [2.75, 3.05) is 12.4 Å². The van der Waals surface area contributed by atoms with E-state index in [0.29, 0.717) is 5.33 Å². The third-order valence-electron chi connectivity index (χ3n) is 9.35. The molecule has 6 rings (SSSR count). The molecule has 0 unspecified atom stereocenters. The average molecular weight is 902 g/mol. The Labute approximate surface area is 345 Å². The normalized spacial score (nSPS) is 16.4. The molecular formula is C38H46BrCl3IMgNO3. The molecule has 0 spiro atoms. The van der Waals surface area contributed by atoms with Gasteiger partial charge in [0.25, 0.3) is 0 Å². The van der Waals surface area contributed by atoms with Crippen molar-refractivity contribution < 1.29 is 38.7 Å². The zero-order valence-corrected chi connectivity index (χ0v) is 34.7. The van der Waals surface area contributed by atoms with Crippen LogP contribution in [-0.4, -0.2) is 52.2 Å². The molecule has 1 N–H and O–H groups in total. The zero-order chi connectivity index (χ0) is 32.4. The van der Waals surface area contributed by atoms with Gasteiger partial charge in [-0.1, -0.05) is 107 Å². The summed E-state index contributed by atoms with van der Waals surface area (Å²) >= 11 is 20.7. The average Bonchev–Trinajstić information content (AvgIpc) is 2.96. The number of halogens is 5. The van der Waals surface area contributed by atoms with Crippen LogP contribution in [0.3, 0.4) is 0 Å². The maximum absolute atomic E-state index is 11.9. The Hall–Kier alpha value is -0.704. The third kappa shape index (κ3) is 11.4. The van der Waals surface area contributed by atoms with E-state index in [1.165, 1.54) is 0 Å². The number of alkyl halides is 1. The Bertz CT molecular complexity index is 1440. The monoisotopic (exact) mass is 899 g/mol. The summed E-state index contributed by atoms with van der Waals surface area (Å²) in [7, 11) is 1.00. The largest absolute Gasteiger partial charge is 2.00 e. The van der Waals surface area contributed by atoms with Crippen molar-refractivity contribution in [3.05, 3.63) is 112 Å². The minimum atomic E-state index is -0.228. The van der Waals surface area contributed by atoms with Gasteiger partial charge < -0.3 is 36.5 Å². The van der Waals surface area contributed by atoms with Gasteiger partial charge in [-0.2, -0.15) is 5.26 Å². The summed E-state index contributed by atoms with van der Waals surface area (Å²) in [6.07, 6.45) is 9.36. The molecule has 0 bridgehead atoms. The van der Waals surface area contributed by atoms with Crippen LogP contribution < -0.4 is 24.0 Å². The predicted octanol–water partition coefficient (Wildman–Crippen LogP) is 7.68. The van der Waals surface area contributed by atoms with Crippen molar-refractivity contribution in [2.24, 2.45) is 0 Å². The van der Waals surface area contributed by atoms with Gasteiger partial charge in [0.1, 0.15) is 5.78 Å². The number of hydrogen-bond acceptors (Lipinski definition) is 4. The van der Waals surface area contributed by atoms with Crippen LogP contribution >= 0.6 is 50.7 Å². The number of hydrogen-bond donors (Lipinski definition) is 1. The molecule has 0 aliphatic heterocycles. The molecule has 3 saturated carbocycles. The molecule has 10 heteroatoms. The Balaban J connectivity index is 0. The SMILES string of the molecule is C.CC(=O)C1(c2ccc(Cl)cc2)CCC1.CO.N#CC1(c2ccc(Cl)cc2)CCC1.O=C(CBr)C1(c2ccc(Cl)cc2)CCC1.[CH3-].[I-].[Mg+2]. The minimum Gasteiger partial charge on any atom is -1.00 e. The second-order valence-corrected chi connectivity index (χ2v) is 13.4. The Morgan fingerprint density at radius 3 is 1.25 bits per heavy atom. The second kappa shape index (κ2) is 23.0. The van der Waals surface area contributed by atoms with Crippen molar-refractivity contribution >= 4 is 85.4 Å². The molecule has 0 atom stereocenters. The molecule has 0 radical (unpaired) electrons. The summed E-state index contributed by atoms with van der Waals surface area (Å²) in [5, 5.41) is 18.7. The molecule has 0 aromatic heterocycles. The van der Waals surface area contributed by atoms with Crippen LogP contribution in [0.1, 0.15) is 88.8 Å². The quantitative estimate of drug-likeness (QED) is 0.119. The fourth-order valence-corrected chi connectivity index (χ4v) is 6.98. The molecule has 0 amide bonds. The van der Waals surface area contributed by atoms with E-state index in [4.69, 9.17) is 45.2 Å². The standard InChI is InChI=1S/C12H12BrClO.C12H13ClO.C11H10ClN.CH4O.CH4.CH3.HI.Mg/c13-8-11(15)12(6-1-7-12)9-2-4-10(14)5-3-9;1-9(14)12(7-2-8-12)10-3-5-11(13)6-4-10;12-10-4-2-9(3-5-10)11(8-13)6-1-7-11;1-2;;;;/h2-5H,1,6-8H2;3-6H,2,7-8H2,1H3;2-5H,1,6-7H2;2H,1H3;1H4;1H3;1H;/q;;;;;-1;;+2/p-1. The fraction of sp³-hybridized carbons (Fsp3) is 0.421. The van der Waals surface area contributed by atoms with Crippen LogP contribution in [-0.2, 0) is 25.8 Å². The number of carbonyl (C=O) groups excluding carboxylic acids is 2. The number of Topliss-reactive ketones (excluding diaryl/α,β-unsaturated/α-hetero) is 2. The fourth-order valence-electron chi connectivity index (χ4n) is 6.06. The maximum Gasteiger partial charge on any atom is 2.00 e. The van der Waals surface area contributed by atoms with Crippen LogP contribution in [0, 0.1) is 18.8 Å². The Morgan fingerprint density at radius 2 is 1.02 bits per heavy atom. The van der Waals surface area contributed by atoms with Gasteiger partial charge in [0.2, 0.25) is 0 Å². The molecule has 3 fully saturated rings. The summed E-state index contributed by atoms with van der Waals surface area (Å²) < 4.78 is 0. The van der Waals surface area contributed by atoms with E-state index in [1.807, 2.05) is 72.8 Å². The predicted molar refractivity (Wildman–Crippen MR) is 203 cm³/mol. The van der Waals surface area contributed by atoms with E-state index in [-0.39, 0.29) is 89.7 Å². The van der Waals surface area contributed by atoms with Gasteiger partial charge in [-0.05, 0) is 105 Å². The van der Waals surface area contributed by atoms with Crippen molar-refractivity contribution in [1.29, 1.82) is 5.26 Å². The summed E-state index contributed by atoms with van der Waals surface area (Å²) in [5.41, 5.74) is 2.73. The van der Waals surface area contributed by atoms with E-state index in [9.17, 15) is 9.59 Å². The second-order valence-electron chi connectivity index (χ2n) is 11.6. The number of nitrogens with zero attached hydrogens (tertiary/aromatic N) is 1. The summed E-state index contributed by atoms with van der Waals surface area (Å²) in [6, 6.07) is 25.4. The zero-order valence-electron chi connectivity index (χ0n) is 27.3. The molecule has 3 aromatic carbocycles. The Morgan fingerprint density at radius 1 is 0.708 bits per heavy atom. The molecular weight excluding hydrogens is 856 g/mol. The van der Waals surface area contributed by atoms with Crippen LogP contribution in [0.2, 0.25) is 15.1 Å². The van der Waals surface area contributed by atoms with Crippen molar-refractivity contribution in [2.45, 2.75) is 88.4 Å². The molecule has 0 saturated heterocycles. The van der Waals surface area contributed by atoms with E-state index in [2.05, 4.69) is 22.0 Å². The molecule has 258 valence electrons. The van der Waals surface area contributed by atoms with Crippen LogP contribution in [0.4, 0.5) is 0 Å². The van der Waals surface area contributed by atoms with Crippen LogP contribution in [0.15, 0.2) is 72.8 Å². The van der Waals surface area contributed by atoms with Gasteiger partial charge in [0, 0.05) is 22.2 Å². The molecule has 3 aliphatic carbocycles. The first-order chi connectivity index (χ1) is 21.1. The van der Waals surface area contributed by atoms with E-state index in [0.717, 1.165) is 96.7 Å². The van der Waals surface area contributed by atoms with E-state index >= 15 is 0 Å². The topological polar surface area (TPSA) is 78.2 Å². The maximum atomic E-state index is 11.9. The van der Waals surface area contributed by atoms with E-state index in [1.54, 1.807) is 6.92 Å². The molecule has 3 aliphatic rings. The molecule has 3 aromatic rings. The van der Waals surface area contributed by atoms with Gasteiger partial charge >= 0.3 is 23.1 Å². The first kappa shape index (κ1) is 49.4. The number of carbonyl (C=O) groups is 2.